The van der Waals surface area contributed by atoms with Gasteiger partial charge in [0, 0.05) is 12.5 Å². The van der Waals surface area contributed by atoms with Gasteiger partial charge in [0.1, 0.15) is 4.91 Å². The van der Waals surface area contributed by atoms with Crippen LogP contribution in [0, 0.1) is 4.91 Å². The number of amides is 1. The summed E-state index contributed by atoms with van der Waals surface area (Å²) in [5, 5.41) is 10.5. The average Bonchev–Trinajstić information content (AvgIpc) is 2.90. The van der Waals surface area contributed by atoms with E-state index in [1.54, 1.807) is 0 Å². The van der Waals surface area contributed by atoms with E-state index >= 15 is 0 Å². The Morgan fingerprint density at radius 2 is 2.23 bits per heavy atom. The fourth-order valence-electron chi connectivity index (χ4n) is 2.19. The largest absolute Gasteiger partial charge is 0.475 e. The number of rotatable bonds is 8. The van der Waals surface area contributed by atoms with E-state index < -0.39 is 5.09 Å². The van der Waals surface area contributed by atoms with Gasteiger partial charge in [-0.1, -0.05) is 6.07 Å². The van der Waals surface area contributed by atoms with Crippen LogP contribution in [0.2, 0.25) is 0 Å². The first-order chi connectivity index (χ1) is 10.5. The molecule has 0 aliphatic carbocycles. The molecule has 120 valence electrons. The van der Waals surface area contributed by atoms with E-state index in [4.69, 9.17) is 14.7 Å². The van der Waals surface area contributed by atoms with Gasteiger partial charge in [-0.05, 0) is 37.5 Å². The van der Waals surface area contributed by atoms with Crippen molar-refractivity contribution in [2.75, 3.05) is 13.4 Å². The standard InChI is InChI=1S/C14H18N2O6/c1-10(15-14(17)3-2-6-22-16(18)19)7-11-4-5-12-13(8-11)21-9-20-12/h4-5,8,10H,2-3,6-7,9H2,1H3,(H-,15,17,18,19)/p+1/t10-/m0/s1. The molecule has 1 aromatic rings. The summed E-state index contributed by atoms with van der Waals surface area (Å²) in [7, 11) is 0. The van der Waals surface area contributed by atoms with Crippen LogP contribution in [0.25, 0.3) is 0 Å². The molecule has 1 aliphatic rings. The summed E-state index contributed by atoms with van der Waals surface area (Å²) in [6, 6.07) is 5.66. The Morgan fingerprint density at radius 3 is 3.00 bits per heavy atom. The topological polar surface area (TPSA) is 97.1 Å². The summed E-state index contributed by atoms with van der Waals surface area (Å²) in [4.78, 5) is 26.1. The Balaban J connectivity index is 1.72. The number of nitrogens with zero attached hydrogens (tertiary/aromatic N) is 1. The Bertz CT molecular complexity index is 548. The van der Waals surface area contributed by atoms with Crippen LogP contribution >= 0.6 is 0 Å². The number of benzene rings is 1. The van der Waals surface area contributed by atoms with E-state index in [0.29, 0.717) is 12.8 Å². The lowest BCUT2D eigenvalue weighted by Gasteiger charge is -2.14. The van der Waals surface area contributed by atoms with Gasteiger partial charge in [0.05, 0.1) is 0 Å². The highest BCUT2D eigenvalue weighted by molar-refractivity contribution is 5.76. The van der Waals surface area contributed by atoms with Gasteiger partial charge >= 0.3 is 5.09 Å². The molecule has 0 radical (unpaired) electrons. The third kappa shape index (κ3) is 4.80. The minimum absolute atomic E-state index is 0.00996. The number of carbonyl (C=O) groups excluding carboxylic acids is 1. The van der Waals surface area contributed by atoms with Crippen molar-refractivity contribution in [2.45, 2.75) is 32.2 Å². The first-order valence-electron chi connectivity index (χ1n) is 7.01. The number of ether oxygens (including phenoxy) is 2. The second kappa shape index (κ2) is 7.48. The van der Waals surface area contributed by atoms with Gasteiger partial charge in [-0.15, -0.1) is 0 Å². The molecule has 2 N–H and O–H groups in total. The lowest BCUT2D eigenvalue weighted by atomic mass is 10.1. The third-order valence-electron chi connectivity index (χ3n) is 3.14. The molecule has 0 unspecified atom stereocenters. The van der Waals surface area contributed by atoms with Crippen LogP contribution < -0.4 is 14.8 Å². The van der Waals surface area contributed by atoms with Crippen LogP contribution in [-0.2, 0) is 16.1 Å². The van der Waals surface area contributed by atoms with E-state index in [0.717, 1.165) is 17.1 Å². The van der Waals surface area contributed by atoms with Crippen LogP contribution in [0.4, 0.5) is 0 Å². The van der Waals surface area contributed by atoms with Gasteiger partial charge < -0.3 is 14.8 Å². The molecular weight excluding hydrogens is 292 g/mol. The molecule has 0 saturated carbocycles. The molecule has 22 heavy (non-hydrogen) atoms. The van der Waals surface area contributed by atoms with Gasteiger partial charge in [-0.25, -0.2) is 5.21 Å². The number of nitrogens with one attached hydrogen (secondary N) is 1. The number of hydrogen-bond acceptors (Lipinski definition) is 5. The highest BCUT2D eigenvalue weighted by Gasteiger charge is 2.15. The molecular formula is C14H19N2O6+. The summed E-state index contributed by atoms with van der Waals surface area (Å²) in [6.45, 7) is 2.14. The van der Waals surface area contributed by atoms with Gasteiger partial charge in [-0.3, -0.25) is 4.79 Å². The SMILES string of the molecule is C[C@@H](Cc1ccc2c(c1)OCO2)NC(=O)CCCO[N+](=O)O. The van der Waals surface area contributed by atoms with E-state index in [1.807, 2.05) is 25.1 Å². The highest BCUT2D eigenvalue weighted by atomic mass is 16.9. The van der Waals surface area contributed by atoms with E-state index in [2.05, 4.69) is 10.2 Å². The predicted molar refractivity (Wildman–Crippen MR) is 74.5 cm³/mol. The molecule has 0 aromatic heterocycles. The van der Waals surface area contributed by atoms with E-state index in [1.165, 1.54) is 0 Å². The summed E-state index contributed by atoms with van der Waals surface area (Å²) >= 11 is 0. The fourth-order valence-corrected chi connectivity index (χ4v) is 2.19. The van der Waals surface area contributed by atoms with Crippen LogP contribution in [-0.4, -0.2) is 35.6 Å². The summed E-state index contributed by atoms with van der Waals surface area (Å²) in [5.41, 5.74) is 1.04. The van der Waals surface area contributed by atoms with Crippen molar-refractivity contribution in [1.82, 2.24) is 5.32 Å². The molecule has 0 spiro atoms. The third-order valence-corrected chi connectivity index (χ3v) is 3.14. The molecule has 8 heteroatoms. The van der Waals surface area contributed by atoms with Crippen molar-refractivity contribution >= 4 is 5.91 Å². The first-order valence-corrected chi connectivity index (χ1v) is 7.01. The van der Waals surface area contributed by atoms with Crippen molar-refractivity contribution in [1.29, 1.82) is 0 Å². The normalized spacial score (nSPS) is 13.5. The van der Waals surface area contributed by atoms with Crippen LogP contribution in [0.3, 0.4) is 0 Å². The Morgan fingerprint density at radius 1 is 1.45 bits per heavy atom. The molecule has 2 rings (SSSR count). The van der Waals surface area contributed by atoms with Crippen molar-refractivity contribution in [3.63, 3.8) is 0 Å². The van der Waals surface area contributed by atoms with Crippen LogP contribution in [0.15, 0.2) is 18.2 Å². The monoisotopic (exact) mass is 311 g/mol. The molecule has 0 saturated heterocycles. The first kappa shape index (κ1) is 15.9. The molecule has 1 amide bonds. The van der Waals surface area contributed by atoms with Crippen LogP contribution in [0.5, 0.6) is 11.5 Å². The zero-order chi connectivity index (χ0) is 15.9. The zero-order valence-corrected chi connectivity index (χ0v) is 12.3. The Hall–Kier alpha value is -2.51. The zero-order valence-electron chi connectivity index (χ0n) is 12.3. The van der Waals surface area contributed by atoms with Crippen molar-refractivity contribution < 1.29 is 29.4 Å². The van der Waals surface area contributed by atoms with Crippen LogP contribution in [0.1, 0.15) is 25.3 Å². The quantitative estimate of drug-likeness (QED) is 0.555. The van der Waals surface area contributed by atoms with Crippen molar-refractivity contribution in [2.24, 2.45) is 0 Å². The summed E-state index contributed by atoms with van der Waals surface area (Å²) in [5.74, 6) is 1.32. The molecule has 8 nitrogen and oxygen atoms in total. The van der Waals surface area contributed by atoms with Crippen molar-refractivity contribution in [3.8, 4) is 11.5 Å². The highest BCUT2D eigenvalue weighted by Crippen LogP contribution is 2.32. The Kier molecular flexibility index (Phi) is 5.40. The van der Waals surface area contributed by atoms with Gasteiger partial charge in [-0.2, -0.15) is 4.84 Å². The lowest BCUT2D eigenvalue weighted by Crippen LogP contribution is -2.34. The molecule has 0 fully saturated rings. The maximum Gasteiger partial charge on any atom is 0.475 e. The van der Waals surface area contributed by atoms with Gasteiger partial charge in [0.15, 0.2) is 18.1 Å². The summed E-state index contributed by atoms with van der Waals surface area (Å²) < 4.78 is 10.6. The number of hydrogen-bond donors (Lipinski definition) is 2. The number of fused-ring (bicyclic) bond motifs is 1. The fraction of sp³-hybridized carbons (Fsp3) is 0.500. The maximum atomic E-state index is 11.7. The minimum Gasteiger partial charge on any atom is -0.454 e. The maximum absolute atomic E-state index is 11.7. The second-order valence-corrected chi connectivity index (χ2v) is 5.03. The van der Waals surface area contributed by atoms with Gasteiger partial charge in [0.2, 0.25) is 12.7 Å². The summed E-state index contributed by atoms with van der Waals surface area (Å²) in [6.07, 6.45) is 1.24. The lowest BCUT2D eigenvalue weighted by molar-refractivity contribution is -0.975. The second-order valence-electron chi connectivity index (χ2n) is 5.03. The smallest absolute Gasteiger partial charge is 0.454 e. The Labute approximate surface area is 127 Å². The minimum atomic E-state index is -0.611. The molecule has 1 aliphatic heterocycles. The van der Waals surface area contributed by atoms with Crippen molar-refractivity contribution in [3.05, 3.63) is 28.7 Å². The number of carbonyl (C=O) groups is 1. The molecule has 1 atom stereocenters. The van der Waals surface area contributed by atoms with E-state index in [9.17, 15) is 9.70 Å². The average molecular weight is 311 g/mol. The van der Waals surface area contributed by atoms with Gasteiger partial charge in [0.25, 0.3) is 0 Å². The molecule has 1 aromatic carbocycles. The molecule has 1 heterocycles. The van der Waals surface area contributed by atoms with E-state index in [-0.39, 0.29) is 31.8 Å². The molecule has 0 bridgehead atoms. The predicted octanol–water partition coefficient (Wildman–Crippen LogP) is 1.34.